The van der Waals surface area contributed by atoms with Crippen LogP contribution in [0.2, 0.25) is 0 Å². The Morgan fingerprint density at radius 3 is 2.71 bits per heavy atom. The molecule has 3 rings (SSSR count). The minimum atomic E-state index is -0.227. The van der Waals surface area contributed by atoms with Crippen molar-refractivity contribution in [2.75, 3.05) is 11.4 Å². The molecular weight excluding hydrogens is 331 g/mol. The topological polar surface area (TPSA) is 29.3 Å². The van der Waals surface area contributed by atoms with Crippen LogP contribution in [0.25, 0.3) is 0 Å². The molecule has 21 heavy (non-hydrogen) atoms. The van der Waals surface area contributed by atoms with Crippen LogP contribution in [-0.2, 0) is 13.0 Å². The predicted octanol–water partition coefficient (Wildman–Crippen LogP) is 4.52. The van der Waals surface area contributed by atoms with E-state index in [0.717, 1.165) is 37.1 Å². The van der Waals surface area contributed by atoms with Gasteiger partial charge in [-0.3, -0.25) is 0 Å². The second kappa shape index (κ2) is 6.16. The molecule has 2 aromatic rings. The van der Waals surface area contributed by atoms with Crippen molar-refractivity contribution in [1.29, 1.82) is 0 Å². The molecular formula is C17H18BrFN2. The number of hydrogen-bond donors (Lipinski definition) is 1. The van der Waals surface area contributed by atoms with Crippen molar-refractivity contribution >= 4 is 27.3 Å². The lowest BCUT2D eigenvalue weighted by Gasteiger charge is -2.26. The molecule has 1 heterocycles. The summed E-state index contributed by atoms with van der Waals surface area (Å²) < 4.78 is 15.2. The largest absolute Gasteiger partial charge is 0.339 e. The quantitative estimate of drug-likeness (QED) is 0.864. The van der Waals surface area contributed by atoms with Crippen molar-refractivity contribution in [3.63, 3.8) is 0 Å². The summed E-state index contributed by atoms with van der Waals surface area (Å²) in [7, 11) is 0. The van der Waals surface area contributed by atoms with E-state index in [1.165, 1.54) is 5.56 Å². The highest BCUT2D eigenvalue weighted by molar-refractivity contribution is 9.10. The summed E-state index contributed by atoms with van der Waals surface area (Å²) in [6.45, 7) is 1.16. The standard InChI is InChI=1S/C17H18BrFN2/c18-16-13(11-20)8-9-15(17(16)19)21-10-4-3-6-12-5-1-2-7-14(12)21/h1-2,5,7-9H,3-4,6,10-11,20H2. The second-order valence-corrected chi connectivity index (χ2v) is 6.11. The summed E-state index contributed by atoms with van der Waals surface area (Å²) in [5.74, 6) is -0.227. The molecule has 0 atom stereocenters. The van der Waals surface area contributed by atoms with Crippen LogP contribution in [0.5, 0.6) is 0 Å². The van der Waals surface area contributed by atoms with Gasteiger partial charge in [-0.1, -0.05) is 24.3 Å². The normalized spacial score (nSPS) is 14.7. The third-order valence-electron chi connectivity index (χ3n) is 4.01. The van der Waals surface area contributed by atoms with E-state index in [2.05, 4.69) is 33.0 Å². The molecule has 0 bridgehead atoms. The smallest absolute Gasteiger partial charge is 0.161 e. The SMILES string of the molecule is NCc1ccc(N2CCCCc3ccccc32)c(F)c1Br. The molecule has 110 valence electrons. The third kappa shape index (κ3) is 2.70. The lowest BCUT2D eigenvalue weighted by atomic mass is 10.1. The lowest BCUT2D eigenvalue weighted by molar-refractivity contribution is 0.614. The first kappa shape index (κ1) is 14.5. The number of aryl methyl sites for hydroxylation is 1. The molecule has 1 aliphatic heterocycles. The van der Waals surface area contributed by atoms with E-state index in [4.69, 9.17) is 5.73 Å². The van der Waals surface area contributed by atoms with Crippen molar-refractivity contribution in [3.8, 4) is 0 Å². The fourth-order valence-corrected chi connectivity index (χ4v) is 3.38. The van der Waals surface area contributed by atoms with Crippen LogP contribution in [-0.4, -0.2) is 6.54 Å². The summed E-state index contributed by atoms with van der Waals surface area (Å²) in [5.41, 5.74) is 9.45. The molecule has 2 aromatic carbocycles. The molecule has 0 unspecified atom stereocenters. The first-order valence-electron chi connectivity index (χ1n) is 7.24. The van der Waals surface area contributed by atoms with Gasteiger partial charge in [0.1, 0.15) is 0 Å². The zero-order chi connectivity index (χ0) is 14.8. The summed E-state index contributed by atoms with van der Waals surface area (Å²) in [6.07, 6.45) is 3.25. The van der Waals surface area contributed by atoms with Crippen LogP contribution in [0.4, 0.5) is 15.8 Å². The Morgan fingerprint density at radius 1 is 1.10 bits per heavy atom. The van der Waals surface area contributed by atoms with Gasteiger partial charge in [-0.15, -0.1) is 0 Å². The molecule has 0 saturated carbocycles. The van der Waals surface area contributed by atoms with Gasteiger partial charge >= 0.3 is 0 Å². The number of nitrogens with zero attached hydrogens (tertiary/aromatic N) is 1. The van der Waals surface area contributed by atoms with Gasteiger partial charge in [-0.05, 0) is 58.5 Å². The maximum atomic E-state index is 14.7. The Balaban J connectivity index is 2.10. The first-order chi connectivity index (χ1) is 10.2. The summed E-state index contributed by atoms with van der Waals surface area (Å²) in [4.78, 5) is 2.09. The molecule has 0 saturated heterocycles. The van der Waals surface area contributed by atoms with Crippen molar-refractivity contribution in [3.05, 3.63) is 57.8 Å². The van der Waals surface area contributed by atoms with E-state index in [1.807, 2.05) is 24.3 Å². The van der Waals surface area contributed by atoms with E-state index in [0.29, 0.717) is 16.7 Å². The first-order valence-corrected chi connectivity index (χ1v) is 8.04. The minimum absolute atomic E-state index is 0.227. The Kier molecular flexibility index (Phi) is 4.27. The van der Waals surface area contributed by atoms with Gasteiger partial charge in [-0.2, -0.15) is 0 Å². The molecule has 1 aliphatic rings. The molecule has 0 aliphatic carbocycles. The summed E-state index contributed by atoms with van der Waals surface area (Å²) in [5, 5.41) is 0. The molecule has 0 aromatic heterocycles. The van der Waals surface area contributed by atoms with Crippen LogP contribution < -0.4 is 10.6 Å². The molecule has 4 heteroatoms. The summed E-state index contributed by atoms with van der Waals surface area (Å²) in [6, 6.07) is 12.0. The zero-order valence-corrected chi connectivity index (χ0v) is 13.4. The number of rotatable bonds is 2. The van der Waals surface area contributed by atoms with Gasteiger partial charge in [-0.25, -0.2) is 4.39 Å². The van der Waals surface area contributed by atoms with E-state index in [9.17, 15) is 4.39 Å². The average molecular weight is 349 g/mol. The highest BCUT2D eigenvalue weighted by atomic mass is 79.9. The Morgan fingerprint density at radius 2 is 1.90 bits per heavy atom. The maximum absolute atomic E-state index is 14.7. The number of anilines is 2. The molecule has 0 amide bonds. The van der Waals surface area contributed by atoms with E-state index in [-0.39, 0.29) is 5.82 Å². The fourth-order valence-electron chi connectivity index (χ4n) is 2.89. The van der Waals surface area contributed by atoms with Crippen LogP contribution in [0.15, 0.2) is 40.9 Å². The van der Waals surface area contributed by atoms with Gasteiger partial charge in [0.25, 0.3) is 0 Å². The number of benzene rings is 2. The molecule has 0 radical (unpaired) electrons. The third-order valence-corrected chi connectivity index (χ3v) is 4.87. The van der Waals surface area contributed by atoms with Gasteiger partial charge in [0.05, 0.1) is 10.2 Å². The molecule has 0 fully saturated rings. The summed E-state index contributed by atoms with van der Waals surface area (Å²) >= 11 is 3.34. The molecule has 2 N–H and O–H groups in total. The van der Waals surface area contributed by atoms with Crippen molar-refractivity contribution in [1.82, 2.24) is 0 Å². The van der Waals surface area contributed by atoms with Crippen LogP contribution in [0.3, 0.4) is 0 Å². The highest BCUT2D eigenvalue weighted by Crippen LogP contribution is 2.37. The fraction of sp³-hybridized carbons (Fsp3) is 0.294. The van der Waals surface area contributed by atoms with Gasteiger partial charge < -0.3 is 10.6 Å². The zero-order valence-electron chi connectivity index (χ0n) is 11.8. The Bertz CT molecular complexity index is 657. The van der Waals surface area contributed by atoms with Crippen LogP contribution in [0, 0.1) is 5.82 Å². The predicted molar refractivity (Wildman–Crippen MR) is 88.4 cm³/mol. The number of para-hydroxylation sites is 1. The van der Waals surface area contributed by atoms with Crippen molar-refractivity contribution in [2.45, 2.75) is 25.8 Å². The minimum Gasteiger partial charge on any atom is -0.339 e. The van der Waals surface area contributed by atoms with Crippen molar-refractivity contribution < 1.29 is 4.39 Å². The lowest BCUT2D eigenvalue weighted by Crippen LogP contribution is -2.19. The average Bonchev–Trinajstić information content (AvgIpc) is 2.72. The van der Waals surface area contributed by atoms with Crippen LogP contribution in [0.1, 0.15) is 24.0 Å². The maximum Gasteiger partial charge on any atom is 0.161 e. The number of fused-ring (bicyclic) bond motifs is 1. The Hall–Kier alpha value is -1.39. The van der Waals surface area contributed by atoms with E-state index >= 15 is 0 Å². The van der Waals surface area contributed by atoms with Gasteiger partial charge in [0.15, 0.2) is 5.82 Å². The van der Waals surface area contributed by atoms with Crippen molar-refractivity contribution in [2.24, 2.45) is 5.73 Å². The number of hydrogen-bond acceptors (Lipinski definition) is 2. The van der Waals surface area contributed by atoms with Gasteiger partial charge in [0.2, 0.25) is 0 Å². The Labute approximate surface area is 132 Å². The van der Waals surface area contributed by atoms with E-state index in [1.54, 1.807) is 0 Å². The van der Waals surface area contributed by atoms with Crippen LogP contribution >= 0.6 is 15.9 Å². The monoisotopic (exact) mass is 348 g/mol. The van der Waals surface area contributed by atoms with E-state index < -0.39 is 0 Å². The molecule has 2 nitrogen and oxygen atoms in total. The second-order valence-electron chi connectivity index (χ2n) is 5.31. The highest BCUT2D eigenvalue weighted by Gasteiger charge is 2.21. The van der Waals surface area contributed by atoms with Gasteiger partial charge in [0, 0.05) is 18.8 Å². The molecule has 0 spiro atoms. The number of nitrogens with two attached hydrogens (primary N) is 1. The number of halogens is 2.